The predicted octanol–water partition coefficient (Wildman–Crippen LogP) is 10.7. The molecule has 7 aliphatic rings. The molecule has 5 fully saturated rings. The van der Waals surface area contributed by atoms with Crippen molar-refractivity contribution in [3.05, 3.63) is 38.5 Å². The minimum Gasteiger partial charge on any atom is -0.506 e. The number of aryl methyl sites for hydroxylation is 1. The van der Waals surface area contributed by atoms with Gasteiger partial charge in [0.2, 0.25) is 5.78 Å². The summed E-state index contributed by atoms with van der Waals surface area (Å²) in [7, 11) is 0. The summed E-state index contributed by atoms with van der Waals surface area (Å²) in [4.78, 5) is 44.2. The lowest BCUT2D eigenvalue weighted by molar-refractivity contribution is -0.131. The van der Waals surface area contributed by atoms with Crippen molar-refractivity contribution in [3.8, 4) is 0 Å². The molecule has 54 heavy (non-hydrogen) atoms. The normalized spacial score (nSPS) is 26.2. The van der Waals surface area contributed by atoms with Crippen molar-refractivity contribution >= 4 is 23.0 Å². The van der Waals surface area contributed by atoms with Crippen LogP contribution < -0.4 is 5.56 Å². The predicted molar refractivity (Wildman–Crippen MR) is 215 cm³/mol. The summed E-state index contributed by atoms with van der Waals surface area (Å²) in [6, 6.07) is 0.136. The molecule has 5 saturated carbocycles. The molecule has 1 aromatic heterocycles. The molecule has 0 saturated heterocycles. The van der Waals surface area contributed by atoms with E-state index in [1.807, 2.05) is 9.69 Å². The lowest BCUT2D eigenvalue weighted by atomic mass is 9.73. The zero-order valence-corrected chi connectivity index (χ0v) is 33.4. The summed E-state index contributed by atoms with van der Waals surface area (Å²) in [6.45, 7) is 2.09. The number of rotatable bonds is 12. The van der Waals surface area contributed by atoms with Crippen LogP contribution in [0.3, 0.4) is 0 Å². The molecule has 8 heteroatoms. The van der Waals surface area contributed by atoms with Crippen molar-refractivity contribution in [2.75, 3.05) is 0 Å². The second kappa shape index (κ2) is 17.1. The maximum Gasteiger partial charge on any atom is 0.277 e. The number of nitrogens with one attached hydrogen (secondary N) is 1. The van der Waals surface area contributed by atoms with E-state index < -0.39 is 0 Å². The third-order valence-electron chi connectivity index (χ3n) is 15.2. The Bertz CT molecular complexity index is 1630. The average Bonchev–Trinajstić information content (AvgIpc) is 3.92. The average molecular weight is 741 g/mol. The van der Waals surface area contributed by atoms with Gasteiger partial charge in [-0.2, -0.15) is 5.10 Å². The summed E-state index contributed by atoms with van der Waals surface area (Å²) < 4.78 is 1.90. The summed E-state index contributed by atoms with van der Waals surface area (Å²) in [5, 5.41) is 22.7. The molecule has 0 radical (unpaired) electrons. The smallest absolute Gasteiger partial charge is 0.277 e. The van der Waals surface area contributed by atoms with E-state index in [-0.39, 0.29) is 46.2 Å². The number of aliphatic hydroxyl groups is 1. The van der Waals surface area contributed by atoms with Gasteiger partial charge >= 0.3 is 0 Å². The minimum absolute atomic E-state index is 0.0444. The van der Waals surface area contributed by atoms with Crippen LogP contribution in [0.5, 0.6) is 0 Å². The van der Waals surface area contributed by atoms with Crippen molar-refractivity contribution in [3.63, 3.8) is 0 Å². The zero-order valence-electron chi connectivity index (χ0n) is 33.4. The lowest BCUT2D eigenvalue weighted by Gasteiger charge is -2.41. The van der Waals surface area contributed by atoms with Gasteiger partial charge in [-0.1, -0.05) is 116 Å². The second-order valence-electron chi connectivity index (χ2n) is 18.7. The molecule has 1 aromatic rings. The summed E-state index contributed by atoms with van der Waals surface area (Å²) >= 11 is 0. The van der Waals surface area contributed by atoms with Crippen molar-refractivity contribution in [2.45, 2.75) is 199 Å². The Labute approximate surface area is 323 Å². The van der Waals surface area contributed by atoms with Gasteiger partial charge in [0.05, 0.1) is 40.1 Å². The number of Topliss-reactive ketones (excluding diaryl/α,β-unsaturated/α-hetero) is 1. The van der Waals surface area contributed by atoms with E-state index in [0.29, 0.717) is 59.3 Å². The fraction of sp³-hybridized carbons (Fsp3) is 0.783. The van der Waals surface area contributed by atoms with Crippen LogP contribution in [0.1, 0.15) is 198 Å². The number of hydrazone groups is 1. The van der Waals surface area contributed by atoms with Crippen molar-refractivity contribution in [1.29, 1.82) is 0 Å². The number of aromatic nitrogens is 2. The molecular formula is C46H68N4O4. The van der Waals surface area contributed by atoms with E-state index in [2.05, 4.69) is 12.0 Å². The Kier molecular flexibility index (Phi) is 12.0. The number of aromatic amines is 1. The first-order valence-corrected chi connectivity index (χ1v) is 22.9. The number of hydrogen-bond donors (Lipinski definition) is 2. The lowest BCUT2D eigenvalue weighted by Crippen LogP contribution is -2.46. The van der Waals surface area contributed by atoms with Crippen LogP contribution in [0, 0.1) is 29.6 Å². The molecule has 0 bridgehead atoms. The quantitative estimate of drug-likeness (QED) is 0.208. The van der Waals surface area contributed by atoms with E-state index in [0.717, 1.165) is 69.9 Å². The van der Waals surface area contributed by atoms with Crippen LogP contribution in [0.25, 0.3) is 5.57 Å². The molecule has 6 aliphatic carbocycles. The Morgan fingerprint density at radius 3 is 1.59 bits per heavy atom. The molecule has 296 valence electrons. The van der Waals surface area contributed by atoms with Crippen LogP contribution in [0.4, 0.5) is 0 Å². The van der Waals surface area contributed by atoms with Gasteiger partial charge in [-0.05, 0) is 100 Å². The van der Waals surface area contributed by atoms with Gasteiger partial charge in [0, 0.05) is 5.69 Å². The third kappa shape index (κ3) is 7.38. The van der Waals surface area contributed by atoms with Crippen LogP contribution in [0.2, 0.25) is 0 Å². The molecular weight excluding hydrogens is 673 g/mol. The Morgan fingerprint density at radius 1 is 0.630 bits per heavy atom. The van der Waals surface area contributed by atoms with Gasteiger partial charge in [0.15, 0.2) is 0 Å². The maximum atomic E-state index is 14.9. The van der Waals surface area contributed by atoms with Crippen LogP contribution >= 0.6 is 0 Å². The van der Waals surface area contributed by atoms with Crippen molar-refractivity contribution in [2.24, 2.45) is 34.7 Å². The monoisotopic (exact) mass is 741 g/mol. The summed E-state index contributed by atoms with van der Waals surface area (Å²) in [5.41, 5.74) is 2.17. The molecule has 0 unspecified atom stereocenters. The van der Waals surface area contributed by atoms with Crippen molar-refractivity contribution in [1.82, 2.24) is 14.8 Å². The van der Waals surface area contributed by atoms with E-state index >= 15 is 0 Å². The van der Waals surface area contributed by atoms with Gasteiger partial charge in [-0.3, -0.25) is 19.5 Å². The first kappa shape index (κ1) is 38.0. The van der Waals surface area contributed by atoms with E-state index in [1.54, 1.807) is 0 Å². The molecule has 1 amide bonds. The molecule has 2 heterocycles. The fourth-order valence-electron chi connectivity index (χ4n) is 12.5. The van der Waals surface area contributed by atoms with Gasteiger partial charge in [0.1, 0.15) is 5.76 Å². The Hall–Kier alpha value is -2.90. The molecule has 0 spiro atoms. The number of ketones is 1. The highest BCUT2D eigenvalue weighted by molar-refractivity contribution is 6.44. The molecule has 8 nitrogen and oxygen atoms in total. The largest absolute Gasteiger partial charge is 0.506 e. The molecule has 0 aromatic carbocycles. The Morgan fingerprint density at radius 2 is 1.11 bits per heavy atom. The topological polar surface area (TPSA) is 108 Å². The van der Waals surface area contributed by atoms with Crippen LogP contribution in [-0.4, -0.2) is 43.3 Å². The van der Waals surface area contributed by atoms with Crippen molar-refractivity contribution < 1.29 is 14.7 Å². The number of allylic oxidation sites excluding steroid dienone is 2. The first-order chi connectivity index (χ1) is 26.5. The number of hydrogen-bond acceptors (Lipinski definition) is 5. The second-order valence-corrected chi connectivity index (χ2v) is 18.7. The van der Waals surface area contributed by atoms with E-state index in [4.69, 9.17) is 5.10 Å². The highest BCUT2D eigenvalue weighted by Crippen LogP contribution is 2.46. The summed E-state index contributed by atoms with van der Waals surface area (Å²) in [6.07, 6.45) is 31.7. The highest BCUT2D eigenvalue weighted by atomic mass is 16.3. The number of carbonyl (C=O) groups excluding carboxylic acids is 2. The number of carbonyl (C=O) groups is 2. The van der Waals surface area contributed by atoms with Gasteiger partial charge in [-0.25, -0.2) is 9.69 Å². The van der Waals surface area contributed by atoms with Gasteiger partial charge in [-0.15, -0.1) is 0 Å². The number of nitrogens with zero attached hydrogens (tertiary/aromatic N) is 3. The summed E-state index contributed by atoms with van der Waals surface area (Å²) in [5.74, 6) is 1.62. The minimum atomic E-state index is -0.356. The molecule has 8 rings (SSSR count). The van der Waals surface area contributed by atoms with E-state index in [9.17, 15) is 19.5 Å². The number of amides is 1. The first-order valence-electron chi connectivity index (χ1n) is 22.9. The van der Waals surface area contributed by atoms with Crippen LogP contribution in [0.15, 0.2) is 26.8 Å². The van der Waals surface area contributed by atoms with Crippen LogP contribution in [-0.2, 0) is 16.0 Å². The fourth-order valence-corrected chi connectivity index (χ4v) is 12.5. The maximum absolute atomic E-state index is 14.9. The molecule has 2 N–H and O–H groups in total. The SMILES string of the molecule is CCCc1[nH]n(C(C2CCCCC2)C2CCCCC2)c(=O)c1C1=C(O)/C(=C2\C(=O)N(C(C3CCCCC3)C3CCCCC3)N=C2CCC2CCCC2)C1=O. The standard InChI is InChI=1S/C46H68N4O4/c1-2-17-35-37(45(53)49(47-35)41(31-20-7-3-8-21-31)32-22-9-4-10-23-32)39-43(51)40(44(39)52)38-36(29-28-30-18-15-16-19-30)48-50(46(38)54)42(33-24-11-5-12-25-33)34-26-13-6-14-27-34/h30-34,41-42,47,51H,2-29H2,1H3/b40-38+. The number of H-pyrrole nitrogens is 1. The van der Waals surface area contributed by atoms with Gasteiger partial charge < -0.3 is 5.11 Å². The highest BCUT2D eigenvalue weighted by Gasteiger charge is 2.49. The Balaban J connectivity index is 1.18. The molecule has 0 atom stereocenters. The zero-order chi connectivity index (χ0) is 37.2. The van der Waals surface area contributed by atoms with E-state index in [1.165, 1.54) is 103 Å². The number of aliphatic hydroxyl groups excluding tert-OH is 1. The van der Waals surface area contributed by atoms with Gasteiger partial charge in [0.25, 0.3) is 11.5 Å². The third-order valence-corrected chi connectivity index (χ3v) is 15.2. The molecule has 1 aliphatic heterocycles.